The summed E-state index contributed by atoms with van der Waals surface area (Å²) in [6.07, 6.45) is 6.46. The minimum atomic E-state index is 0.640. The molecule has 0 aromatic heterocycles. The summed E-state index contributed by atoms with van der Waals surface area (Å²) in [6.45, 7) is 0.640. The van der Waals surface area contributed by atoms with Gasteiger partial charge in [-0.25, -0.2) is 0 Å². The average molecular weight is 236 g/mol. The molecule has 0 aliphatic heterocycles. The molecule has 3 rings (SSSR count). The molecule has 2 aromatic carbocycles. The van der Waals surface area contributed by atoms with Crippen molar-refractivity contribution in [2.24, 2.45) is 0 Å². The SMILES string of the molecule is C1=CCc2c(cccc2OCc2ccccc2)C1. The fourth-order valence-corrected chi connectivity index (χ4v) is 2.32. The lowest BCUT2D eigenvalue weighted by Gasteiger charge is -2.16. The van der Waals surface area contributed by atoms with E-state index in [-0.39, 0.29) is 0 Å². The Bertz CT molecular complexity index is 555. The van der Waals surface area contributed by atoms with Crippen molar-refractivity contribution in [3.05, 3.63) is 77.4 Å². The van der Waals surface area contributed by atoms with Crippen LogP contribution in [0.1, 0.15) is 16.7 Å². The summed E-state index contributed by atoms with van der Waals surface area (Å²) in [5.74, 6) is 1.03. The van der Waals surface area contributed by atoms with E-state index in [1.807, 2.05) is 18.2 Å². The second kappa shape index (κ2) is 5.09. The molecule has 0 fully saturated rings. The minimum Gasteiger partial charge on any atom is -0.489 e. The predicted molar refractivity (Wildman–Crippen MR) is 73.8 cm³/mol. The van der Waals surface area contributed by atoms with Gasteiger partial charge in [-0.1, -0.05) is 54.6 Å². The highest BCUT2D eigenvalue weighted by molar-refractivity contribution is 5.44. The molecule has 0 spiro atoms. The first-order chi connectivity index (χ1) is 8.93. The quantitative estimate of drug-likeness (QED) is 0.734. The van der Waals surface area contributed by atoms with Gasteiger partial charge in [0, 0.05) is 5.56 Å². The van der Waals surface area contributed by atoms with E-state index in [0.29, 0.717) is 6.61 Å². The number of hydrogen-bond acceptors (Lipinski definition) is 1. The van der Waals surface area contributed by atoms with E-state index in [1.54, 1.807) is 0 Å². The van der Waals surface area contributed by atoms with Crippen molar-refractivity contribution in [3.8, 4) is 5.75 Å². The lowest BCUT2D eigenvalue weighted by Crippen LogP contribution is -2.03. The van der Waals surface area contributed by atoms with E-state index < -0.39 is 0 Å². The van der Waals surface area contributed by atoms with Crippen LogP contribution >= 0.6 is 0 Å². The van der Waals surface area contributed by atoms with Crippen molar-refractivity contribution in [3.63, 3.8) is 0 Å². The largest absolute Gasteiger partial charge is 0.489 e. The molecule has 0 radical (unpaired) electrons. The molecular weight excluding hydrogens is 220 g/mol. The zero-order chi connectivity index (χ0) is 12.2. The van der Waals surface area contributed by atoms with Crippen LogP contribution in [-0.4, -0.2) is 0 Å². The Kier molecular flexibility index (Phi) is 3.14. The molecule has 0 bridgehead atoms. The summed E-state index contributed by atoms with van der Waals surface area (Å²) in [6, 6.07) is 16.6. The van der Waals surface area contributed by atoms with E-state index in [0.717, 1.165) is 18.6 Å². The molecule has 1 aliphatic rings. The Morgan fingerprint density at radius 3 is 2.56 bits per heavy atom. The third kappa shape index (κ3) is 2.30. The summed E-state index contributed by atoms with van der Waals surface area (Å²) in [5, 5.41) is 0. The Balaban J connectivity index is 1.78. The van der Waals surface area contributed by atoms with Crippen molar-refractivity contribution in [2.75, 3.05) is 0 Å². The number of fused-ring (bicyclic) bond motifs is 1. The van der Waals surface area contributed by atoms with E-state index in [4.69, 9.17) is 4.74 Å². The van der Waals surface area contributed by atoms with Gasteiger partial charge in [-0.2, -0.15) is 0 Å². The Hall–Kier alpha value is -2.02. The number of rotatable bonds is 3. The van der Waals surface area contributed by atoms with Crippen LogP contribution in [0, 0.1) is 0 Å². The Morgan fingerprint density at radius 1 is 0.833 bits per heavy atom. The first-order valence-corrected chi connectivity index (χ1v) is 6.36. The fraction of sp³-hybridized carbons (Fsp3) is 0.176. The van der Waals surface area contributed by atoms with E-state index in [2.05, 4.69) is 42.5 Å². The maximum atomic E-state index is 5.96. The van der Waals surface area contributed by atoms with Crippen LogP contribution in [0.2, 0.25) is 0 Å². The maximum Gasteiger partial charge on any atom is 0.123 e. The van der Waals surface area contributed by atoms with Gasteiger partial charge in [0.05, 0.1) is 0 Å². The van der Waals surface area contributed by atoms with Crippen LogP contribution in [0.3, 0.4) is 0 Å². The van der Waals surface area contributed by atoms with Crippen LogP contribution in [0.5, 0.6) is 5.75 Å². The molecule has 1 aliphatic carbocycles. The summed E-state index contributed by atoms with van der Waals surface area (Å²) >= 11 is 0. The summed E-state index contributed by atoms with van der Waals surface area (Å²) in [4.78, 5) is 0. The first-order valence-electron chi connectivity index (χ1n) is 6.36. The van der Waals surface area contributed by atoms with Crippen LogP contribution in [0.25, 0.3) is 0 Å². The molecule has 1 heteroatoms. The van der Waals surface area contributed by atoms with Crippen molar-refractivity contribution in [1.29, 1.82) is 0 Å². The molecule has 18 heavy (non-hydrogen) atoms. The third-order valence-electron chi connectivity index (χ3n) is 3.29. The van der Waals surface area contributed by atoms with Gasteiger partial charge in [0.2, 0.25) is 0 Å². The molecule has 0 atom stereocenters. The molecule has 1 nitrogen and oxygen atoms in total. The monoisotopic (exact) mass is 236 g/mol. The van der Waals surface area contributed by atoms with Crippen LogP contribution < -0.4 is 4.74 Å². The highest BCUT2D eigenvalue weighted by atomic mass is 16.5. The standard InChI is InChI=1S/C17H16O/c1-2-7-14(8-3-1)13-18-17-12-6-10-15-9-4-5-11-16(15)17/h1-8,10,12H,9,11,13H2. The number of benzene rings is 2. The number of ether oxygens (including phenoxy) is 1. The van der Waals surface area contributed by atoms with Gasteiger partial charge < -0.3 is 4.74 Å². The van der Waals surface area contributed by atoms with Crippen molar-refractivity contribution in [2.45, 2.75) is 19.4 Å². The average Bonchev–Trinajstić information content (AvgIpc) is 2.46. The van der Waals surface area contributed by atoms with Crippen molar-refractivity contribution < 1.29 is 4.74 Å². The summed E-state index contributed by atoms with van der Waals surface area (Å²) < 4.78 is 5.96. The second-order valence-corrected chi connectivity index (χ2v) is 4.55. The molecule has 0 N–H and O–H groups in total. The zero-order valence-electron chi connectivity index (χ0n) is 10.3. The third-order valence-corrected chi connectivity index (χ3v) is 3.29. The van der Waals surface area contributed by atoms with Gasteiger partial charge >= 0.3 is 0 Å². The van der Waals surface area contributed by atoms with E-state index in [1.165, 1.54) is 16.7 Å². The Morgan fingerprint density at radius 2 is 1.67 bits per heavy atom. The van der Waals surface area contributed by atoms with Gasteiger partial charge in [-0.15, -0.1) is 0 Å². The number of hydrogen-bond donors (Lipinski definition) is 0. The molecule has 0 saturated heterocycles. The lowest BCUT2D eigenvalue weighted by molar-refractivity contribution is 0.303. The van der Waals surface area contributed by atoms with Gasteiger partial charge in [0.25, 0.3) is 0 Å². The van der Waals surface area contributed by atoms with Gasteiger partial charge in [0.1, 0.15) is 12.4 Å². The Labute approximate surface area is 108 Å². The summed E-state index contributed by atoms with van der Waals surface area (Å²) in [7, 11) is 0. The number of allylic oxidation sites excluding steroid dienone is 2. The normalized spacial score (nSPS) is 13.1. The topological polar surface area (TPSA) is 9.23 Å². The second-order valence-electron chi connectivity index (χ2n) is 4.55. The van der Waals surface area contributed by atoms with Crippen LogP contribution in [0.4, 0.5) is 0 Å². The van der Waals surface area contributed by atoms with Gasteiger partial charge in [0.15, 0.2) is 0 Å². The van der Waals surface area contributed by atoms with Gasteiger partial charge in [-0.05, 0) is 30.0 Å². The first kappa shape index (κ1) is 11.1. The van der Waals surface area contributed by atoms with Crippen molar-refractivity contribution >= 4 is 0 Å². The van der Waals surface area contributed by atoms with E-state index >= 15 is 0 Å². The highest BCUT2D eigenvalue weighted by Crippen LogP contribution is 2.27. The fourth-order valence-electron chi connectivity index (χ4n) is 2.32. The lowest BCUT2D eigenvalue weighted by atomic mass is 9.96. The zero-order valence-corrected chi connectivity index (χ0v) is 10.3. The van der Waals surface area contributed by atoms with E-state index in [9.17, 15) is 0 Å². The maximum absolute atomic E-state index is 5.96. The summed E-state index contributed by atoms with van der Waals surface area (Å²) in [5.41, 5.74) is 3.94. The molecule has 0 saturated carbocycles. The molecule has 0 unspecified atom stereocenters. The van der Waals surface area contributed by atoms with Crippen molar-refractivity contribution in [1.82, 2.24) is 0 Å². The predicted octanol–water partition coefficient (Wildman–Crippen LogP) is 3.92. The molecule has 90 valence electrons. The molecule has 2 aromatic rings. The minimum absolute atomic E-state index is 0.640. The van der Waals surface area contributed by atoms with Crippen LogP contribution in [0.15, 0.2) is 60.7 Å². The smallest absolute Gasteiger partial charge is 0.123 e. The highest BCUT2D eigenvalue weighted by Gasteiger charge is 2.10. The van der Waals surface area contributed by atoms with Crippen LogP contribution in [-0.2, 0) is 19.4 Å². The van der Waals surface area contributed by atoms with Gasteiger partial charge in [-0.3, -0.25) is 0 Å². The molecule has 0 heterocycles. The molecular formula is C17H16O. The molecule has 0 amide bonds.